The standard InChI is InChI=1S/C5H11NO2/c7-4-5-3-6-1-2-8-5/h5-7H,1-4H2/p+1. The van der Waals surface area contributed by atoms with Gasteiger partial charge in [-0.05, 0) is 0 Å². The smallest absolute Gasteiger partial charge is 0.129 e. The van der Waals surface area contributed by atoms with Crippen LogP contribution >= 0.6 is 0 Å². The number of aliphatic hydroxyl groups excluding tert-OH is 1. The molecule has 0 aliphatic carbocycles. The van der Waals surface area contributed by atoms with E-state index in [0.29, 0.717) is 0 Å². The first kappa shape index (κ1) is 6.01. The Morgan fingerprint density at radius 3 is 3.00 bits per heavy atom. The summed E-state index contributed by atoms with van der Waals surface area (Å²) in [6.07, 6.45) is 0.0868. The van der Waals surface area contributed by atoms with Gasteiger partial charge in [-0.1, -0.05) is 0 Å². The minimum Gasteiger partial charge on any atom is -0.393 e. The molecule has 0 radical (unpaired) electrons. The molecule has 1 saturated heterocycles. The number of morpholine rings is 1. The van der Waals surface area contributed by atoms with E-state index in [4.69, 9.17) is 9.84 Å². The Labute approximate surface area is 48.7 Å². The van der Waals surface area contributed by atoms with Gasteiger partial charge < -0.3 is 15.2 Å². The Morgan fingerprint density at radius 1 is 1.75 bits per heavy atom. The molecule has 0 aromatic carbocycles. The zero-order valence-corrected chi connectivity index (χ0v) is 4.84. The van der Waals surface area contributed by atoms with Gasteiger partial charge in [0.2, 0.25) is 0 Å². The summed E-state index contributed by atoms with van der Waals surface area (Å²) in [5, 5.41) is 10.7. The third-order valence-corrected chi connectivity index (χ3v) is 1.31. The molecule has 3 nitrogen and oxygen atoms in total. The summed E-state index contributed by atoms with van der Waals surface area (Å²) in [6, 6.07) is 0. The molecule has 0 bridgehead atoms. The van der Waals surface area contributed by atoms with Crippen LogP contribution in [0.25, 0.3) is 0 Å². The monoisotopic (exact) mass is 118 g/mol. The van der Waals surface area contributed by atoms with Crippen molar-refractivity contribution in [3.63, 3.8) is 0 Å². The van der Waals surface area contributed by atoms with Crippen LogP contribution in [0.15, 0.2) is 0 Å². The van der Waals surface area contributed by atoms with Crippen LogP contribution in [0.3, 0.4) is 0 Å². The molecule has 0 aromatic rings. The van der Waals surface area contributed by atoms with E-state index in [0.717, 1.165) is 19.7 Å². The van der Waals surface area contributed by atoms with Crippen molar-refractivity contribution < 1.29 is 15.2 Å². The lowest BCUT2D eigenvalue weighted by atomic mass is 10.3. The van der Waals surface area contributed by atoms with Gasteiger partial charge >= 0.3 is 0 Å². The summed E-state index contributed by atoms with van der Waals surface area (Å²) in [5.74, 6) is 0. The molecular weight excluding hydrogens is 106 g/mol. The lowest BCUT2D eigenvalue weighted by Crippen LogP contribution is -2.89. The molecule has 1 fully saturated rings. The Morgan fingerprint density at radius 2 is 2.62 bits per heavy atom. The predicted molar refractivity (Wildman–Crippen MR) is 28.5 cm³/mol. The molecule has 0 amide bonds. The third-order valence-electron chi connectivity index (χ3n) is 1.31. The van der Waals surface area contributed by atoms with Crippen LogP contribution in [-0.2, 0) is 4.74 Å². The number of quaternary nitrogens is 1. The Kier molecular flexibility index (Phi) is 2.27. The molecule has 0 saturated carbocycles. The van der Waals surface area contributed by atoms with E-state index >= 15 is 0 Å². The molecular formula is C5H12NO2+. The molecule has 3 N–H and O–H groups in total. The minimum absolute atomic E-state index is 0.0868. The Bertz CT molecular complexity index is 61.4. The lowest BCUT2D eigenvalue weighted by Gasteiger charge is -2.18. The van der Waals surface area contributed by atoms with Crippen molar-refractivity contribution in [3.8, 4) is 0 Å². The van der Waals surface area contributed by atoms with Crippen LogP contribution < -0.4 is 5.32 Å². The maximum absolute atomic E-state index is 8.55. The van der Waals surface area contributed by atoms with E-state index < -0.39 is 0 Å². The molecule has 0 aromatic heterocycles. The second-order valence-corrected chi connectivity index (χ2v) is 1.99. The largest absolute Gasteiger partial charge is 0.393 e. The van der Waals surface area contributed by atoms with Crippen molar-refractivity contribution in [2.75, 3.05) is 26.3 Å². The molecule has 8 heavy (non-hydrogen) atoms. The Balaban J connectivity index is 2.13. The molecule has 1 heterocycles. The van der Waals surface area contributed by atoms with Crippen molar-refractivity contribution in [2.24, 2.45) is 0 Å². The summed E-state index contributed by atoms with van der Waals surface area (Å²) < 4.78 is 5.15. The lowest BCUT2D eigenvalue weighted by molar-refractivity contribution is -0.677. The molecule has 1 atom stereocenters. The van der Waals surface area contributed by atoms with Crippen molar-refractivity contribution >= 4 is 0 Å². The average molecular weight is 118 g/mol. The van der Waals surface area contributed by atoms with Gasteiger partial charge in [-0.25, -0.2) is 0 Å². The summed E-state index contributed by atoms with van der Waals surface area (Å²) in [6.45, 7) is 2.90. The summed E-state index contributed by atoms with van der Waals surface area (Å²) >= 11 is 0. The number of rotatable bonds is 1. The first-order valence-corrected chi connectivity index (χ1v) is 2.97. The van der Waals surface area contributed by atoms with Gasteiger partial charge in [-0.15, -0.1) is 0 Å². The predicted octanol–water partition coefficient (Wildman–Crippen LogP) is -2.06. The highest BCUT2D eigenvalue weighted by molar-refractivity contribution is 4.53. The Hall–Kier alpha value is -0.120. The van der Waals surface area contributed by atoms with Crippen LogP contribution in [0.5, 0.6) is 0 Å². The second-order valence-electron chi connectivity index (χ2n) is 1.99. The molecule has 1 aliphatic heterocycles. The van der Waals surface area contributed by atoms with Gasteiger partial charge in [0, 0.05) is 0 Å². The van der Waals surface area contributed by atoms with Gasteiger partial charge in [0.1, 0.15) is 12.6 Å². The molecule has 1 rings (SSSR count). The maximum atomic E-state index is 8.55. The maximum Gasteiger partial charge on any atom is 0.129 e. The number of aliphatic hydroxyl groups is 1. The summed E-state index contributed by atoms with van der Waals surface area (Å²) in [5.41, 5.74) is 0. The fourth-order valence-corrected chi connectivity index (χ4v) is 0.817. The van der Waals surface area contributed by atoms with Gasteiger partial charge in [-0.3, -0.25) is 0 Å². The highest BCUT2D eigenvalue weighted by Gasteiger charge is 2.13. The van der Waals surface area contributed by atoms with E-state index in [2.05, 4.69) is 5.32 Å². The zero-order valence-electron chi connectivity index (χ0n) is 4.84. The molecule has 1 unspecified atom stereocenters. The first-order valence-electron chi connectivity index (χ1n) is 2.97. The molecule has 1 aliphatic rings. The van der Waals surface area contributed by atoms with Crippen LogP contribution in [0.4, 0.5) is 0 Å². The van der Waals surface area contributed by atoms with Crippen LogP contribution in [0.1, 0.15) is 0 Å². The van der Waals surface area contributed by atoms with Crippen LogP contribution in [0, 0.1) is 0 Å². The second kappa shape index (κ2) is 3.02. The highest BCUT2D eigenvalue weighted by Crippen LogP contribution is 1.87. The number of hydrogen-bond acceptors (Lipinski definition) is 2. The zero-order chi connectivity index (χ0) is 5.82. The van der Waals surface area contributed by atoms with Gasteiger partial charge in [0.05, 0.1) is 19.8 Å². The number of nitrogens with two attached hydrogens (primary N) is 1. The topological polar surface area (TPSA) is 46.1 Å². The fraction of sp³-hybridized carbons (Fsp3) is 1.00. The van der Waals surface area contributed by atoms with Gasteiger partial charge in [-0.2, -0.15) is 0 Å². The van der Waals surface area contributed by atoms with E-state index in [1.165, 1.54) is 0 Å². The molecule has 3 heteroatoms. The summed E-state index contributed by atoms with van der Waals surface area (Å²) in [7, 11) is 0. The SMILES string of the molecule is OCC1C[NH2+]CCO1. The van der Waals surface area contributed by atoms with E-state index in [9.17, 15) is 0 Å². The van der Waals surface area contributed by atoms with Gasteiger partial charge in [0.25, 0.3) is 0 Å². The molecule has 48 valence electrons. The van der Waals surface area contributed by atoms with E-state index in [-0.39, 0.29) is 12.7 Å². The van der Waals surface area contributed by atoms with E-state index in [1.807, 2.05) is 0 Å². The average Bonchev–Trinajstić information content (AvgIpc) is 1.90. The van der Waals surface area contributed by atoms with Crippen LogP contribution in [0.2, 0.25) is 0 Å². The van der Waals surface area contributed by atoms with Crippen molar-refractivity contribution in [1.82, 2.24) is 0 Å². The van der Waals surface area contributed by atoms with Gasteiger partial charge in [0.15, 0.2) is 0 Å². The normalized spacial score (nSPS) is 30.4. The molecule has 0 spiro atoms. The number of hydrogen-bond donors (Lipinski definition) is 2. The third kappa shape index (κ3) is 1.43. The summed E-state index contributed by atoms with van der Waals surface area (Å²) in [4.78, 5) is 0. The van der Waals surface area contributed by atoms with Crippen molar-refractivity contribution in [3.05, 3.63) is 0 Å². The first-order chi connectivity index (χ1) is 3.93. The highest BCUT2D eigenvalue weighted by atomic mass is 16.5. The van der Waals surface area contributed by atoms with E-state index in [1.54, 1.807) is 0 Å². The quantitative estimate of drug-likeness (QED) is 0.416. The van der Waals surface area contributed by atoms with Crippen molar-refractivity contribution in [2.45, 2.75) is 6.10 Å². The fourth-order valence-electron chi connectivity index (χ4n) is 0.817. The van der Waals surface area contributed by atoms with Crippen LogP contribution in [-0.4, -0.2) is 37.5 Å². The number of ether oxygens (including phenoxy) is 1. The minimum atomic E-state index is 0.0868. The van der Waals surface area contributed by atoms with Crippen molar-refractivity contribution in [1.29, 1.82) is 0 Å².